The molecule has 0 bridgehead atoms. The van der Waals surface area contributed by atoms with Gasteiger partial charge in [-0.25, -0.2) is 0 Å². The van der Waals surface area contributed by atoms with Gasteiger partial charge in [0.25, 0.3) is 11.4 Å². The molecule has 0 fully saturated rings. The second-order valence-electron chi connectivity index (χ2n) is 4.71. The van der Waals surface area contributed by atoms with E-state index in [1.54, 1.807) is 0 Å². The van der Waals surface area contributed by atoms with E-state index >= 15 is 0 Å². The predicted octanol–water partition coefficient (Wildman–Crippen LogP) is 3.43. The lowest BCUT2D eigenvalue weighted by molar-refractivity contribution is -0.393. The Bertz CT molecular complexity index is 990. The molecule has 0 saturated carbocycles. The third-order valence-electron chi connectivity index (χ3n) is 3.08. The Morgan fingerprint density at radius 2 is 1.22 bits per heavy atom. The van der Waals surface area contributed by atoms with Crippen LogP contribution in [0.25, 0.3) is 0 Å². The molecular formula is C12H7N7O8. The largest absolute Gasteiger partial charge is 0.303 e. The summed E-state index contributed by atoms with van der Waals surface area (Å²) in [5.74, 6) is 0. The van der Waals surface area contributed by atoms with E-state index in [2.05, 4.69) is 15.8 Å². The Hall–Kier alpha value is -4.56. The van der Waals surface area contributed by atoms with Gasteiger partial charge in [-0.1, -0.05) is 5.22 Å². The van der Waals surface area contributed by atoms with E-state index in [-0.39, 0.29) is 11.4 Å². The highest BCUT2D eigenvalue weighted by Crippen LogP contribution is 2.32. The van der Waals surface area contributed by atoms with E-state index in [1.165, 1.54) is 0 Å². The highest BCUT2D eigenvalue weighted by atomic mass is 16.6. The van der Waals surface area contributed by atoms with Crippen LogP contribution in [-0.2, 0) is 0 Å². The summed E-state index contributed by atoms with van der Waals surface area (Å²) in [6, 6.07) is 5.33. The summed E-state index contributed by atoms with van der Waals surface area (Å²) in [5, 5.41) is 50.2. The van der Waals surface area contributed by atoms with Crippen LogP contribution in [-0.4, -0.2) is 19.7 Å². The number of nitro benzene ring substituents is 4. The van der Waals surface area contributed by atoms with Crippen molar-refractivity contribution in [3.05, 3.63) is 76.9 Å². The molecule has 138 valence electrons. The molecule has 27 heavy (non-hydrogen) atoms. The third kappa shape index (κ3) is 4.29. The quantitative estimate of drug-likeness (QED) is 0.424. The second-order valence-corrected chi connectivity index (χ2v) is 4.71. The maximum Gasteiger partial charge on any atom is 0.303 e. The van der Waals surface area contributed by atoms with Crippen molar-refractivity contribution in [2.45, 2.75) is 0 Å². The van der Waals surface area contributed by atoms with Gasteiger partial charge in [-0.15, -0.1) is 5.11 Å². The molecule has 0 radical (unpaired) electrons. The van der Waals surface area contributed by atoms with Crippen molar-refractivity contribution < 1.29 is 19.7 Å². The van der Waals surface area contributed by atoms with Crippen LogP contribution in [0.1, 0.15) is 0 Å². The lowest BCUT2D eigenvalue weighted by atomic mass is 10.2. The summed E-state index contributed by atoms with van der Waals surface area (Å²) >= 11 is 0. The molecule has 0 aliphatic rings. The first-order chi connectivity index (χ1) is 12.7. The first-order valence-corrected chi connectivity index (χ1v) is 6.73. The van der Waals surface area contributed by atoms with Gasteiger partial charge in [-0.2, -0.15) is 0 Å². The molecule has 0 atom stereocenters. The average Bonchev–Trinajstić information content (AvgIpc) is 2.61. The standard InChI is InChI=1S/C12H7N7O8/c20-16(21)7-1-3-9(11(5-7)18(24)25)13-15-14-10-4-2-8(17(22)23)6-12(10)19(26)27/h1-6H,(H,13,14). The number of nitro groups is 4. The van der Waals surface area contributed by atoms with Gasteiger partial charge in [0.05, 0.1) is 31.8 Å². The van der Waals surface area contributed by atoms with Gasteiger partial charge >= 0.3 is 11.4 Å². The molecule has 0 aromatic heterocycles. The van der Waals surface area contributed by atoms with Gasteiger partial charge in [-0.05, 0) is 12.1 Å². The van der Waals surface area contributed by atoms with E-state index in [4.69, 9.17) is 0 Å². The van der Waals surface area contributed by atoms with E-state index < -0.39 is 42.4 Å². The first-order valence-electron chi connectivity index (χ1n) is 6.73. The van der Waals surface area contributed by atoms with Crippen molar-refractivity contribution in [1.29, 1.82) is 0 Å². The first kappa shape index (κ1) is 18.8. The summed E-state index contributed by atoms with van der Waals surface area (Å²) in [6.07, 6.45) is 0. The molecule has 2 aromatic rings. The van der Waals surface area contributed by atoms with Crippen LogP contribution in [0.3, 0.4) is 0 Å². The number of anilines is 1. The topological polar surface area (TPSA) is 209 Å². The Labute approximate surface area is 147 Å². The molecule has 2 rings (SSSR count). The van der Waals surface area contributed by atoms with Crippen molar-refractivity contribution in [3.63, 3.8) is 0 Å². The minimum absolute atomic E-state index is 0.251. The molecule has 0 amide bonds. The zero-order valence-corrected chi connectivity index (χ0v) is 12.9. The summed E-state index contributed by atoms with van der Waals surface area (Å²) < 4.78 is 0. The van der Waals surface area contributed by atoms with Crippen LogP contribution in [0, 0.1) is 40.5 Å². The highest BCUT2D eigenvalue weighted by Gasteiger charge is 2.21. The minimum atomic E-state index is -0.907. The molecular weight excluding hydrogens is 370 g/mol. The smallest absolute Gasteiger partial charge is 0.258 e. The molecule has 15 nitrogen and oxygen atoms in total. The fourth-order valence-electron chi connectivity index (χ4n) is 1.87. The maximum atomic E-state index is 11.0. The fraction of sp³-hybridized carbons (Fsp3) is 0. The van der Waals surface area contributed by atoms with E-state index in [0.717, 1.165) is 24.3 Å². The maximum absolute atomic E-state index is 11.0. The zero-order chi connectivity index (χ0) is 20.1. The number of rotatable bonds is 7. The Balaban J connectivity index is 2.33. The van der Waals surface area contributed by atoms with Crippen molar-refractivity contribution >= 4 is 34.1 Å². The van der Waals surface area contributed by atoms with Crippen molar-refractivity contribution in [1.82, 2.24) is 0 Å². The van der Waals surface area contributed by atoms with Gasteiger partial charge in [-0.3, -0.25) is 45.9 Å². The third-order valence-corrected chi connectivity index (χ3v) is 3.08. The van der Waals surface area contributed by atoms with Crippen LogP contribution in [0.2, 0.25) is 0 Å². The molecule has 0 saturated heterocycles. The molecule has 0 unspecified atom stereocenters. The van der Waals surface area contributed by atoms with Gasteiger partial charge in [0.15, 0.2) is 5.69 Å². The highest BCUT2D eigenvalue weighted by molar-refractivity contribution is 5.65. The number of non-ortho nitro benzene ring substituents is 2. The Kier molecular flexibility index (Phi) is 5.25. The molecule has 2 aromatic carbocycles. The number of benzene rings is 2. The monoisotopic (exact) mass is 377 g/mol. The summed E-state index contributed by atoms with van der Waals surface area (Å²) in [4.78, 5) is 39.9. The van der Waals surface area contributed by atoms with Gasteiger partial charge in [0, 0.05) is 12.1 Å². The molecule has 0 aliphatic carbocycles. The van der Waals surface area contributed by atoms with Crippen LogP contribution in [0.5, 0.6) is 0 Å². The van der Waals surface area contributed by atoms with Crippen LogP contribution >= 0.6 is 0 Å². The molecule has 0 heterocycles. The number of nitrogens with one attached hydrogen (secondary N) is 1. The summed E-state index contributed by atoms with van der Waals surface area (Å²) in [7, 11) is 0. The van der Waals surface area contributed by atoms with Crippen LogP contribution in [0.15, 0.2) is 46.7 Å². The second kappa shape index (κ2) is 7.55. The Morgan fingerprint density at radius 1 is 0.704 bits per heavy atom. The van der Waals surface area contributed by atoms with E-state index in [9.17, 15) is 40.5 Å². The van der Waals surface area contributed by atoms with Crippen LogP contribution < -0.4 is 5.43 Å². The predicted molar refractivity (Wildman–Crippen MR) is 87.6 cm³/mol. The summed E-state index contributed by atoms with van der Waals surface area (Å²) in [5.41, 5.74) is -0.858. The Morgan fingerprint density at radius 3 is 1.74 bits per heavy atom. The average molecular weight is 377 g/mol. The molecule has 15 heteroatoms. The van der Waals surface area contributed by atoms with Crippen molar-refractivity contribution in [2.24, 2.45) is 10.3 Å². The zero-order valence-electron chi connectivity index (χ0n) is 12.9. The lowest BCUT2D eigenvalue weighted by Gasteiger charge is -2.01. The van der Waals surface area contributed by atoms with E-state index in [1.807, 2.05) is 0 Å². The SMILES string of the molecule is O=[N+]([O-])c1ccc(N=NNc2ccc([N+](=O)[O-])cc2[N+](=O)[O-])c([N+](=O)[O-])c1. The van der Waals surface area contributed by atoms with Gasteiger partial charge < -0.3 is 0 Å². The molecule has 0 aliphatic heterocycles. The summed E-state index contributed by atoms with van der Waals surface area (Å²) in [6.45, 7) is 0. The number of nitrogens with zero attached hydrogens (tertiary/aromatic N) is 6. The number of hydrogen-bond acceptors (Lipinski definition) is 10. The molecule has 1 N–H and O–H groups in total. The van der Waals surface area contributed by atoms with Crippen molar-refractivity contribution in [2.75, 3.05) is 5.43 Å². The van der Waals surface area contributed by atoms with E-state index in [0.29, 0.717) is 12.1 Å². The minimum Gasteiger partial charge on any atom is -0.258 e. The number of hydrogen-bond donors (Lipinski definition) is 1. The van der Waals surface area contributed by atoms with Crippen LogP contribution in [0.4, 0.5) is 34.1 Å². The van der Waals surface area contributed by atoms with Crippen molar-refractivity contribution in [3.8, 4) is 0 Å². The normalized spacial score (nSPS) is 10.5. The van der Waals surface area contributed by atoms with Gasteiger partial charge in [0.1, 0.15) is 5.69 Å². The fourth-order valence-corrected chi connectivity index (χ4v) is 1.87. The molecule has 0 spiro atoms. The van der Waals surface area contributed by atoms with Gasteiger partial charge in [0.2, 0.25) is 0 Å². The lowest BCUT2D eigenvalue weighted by Crippen LogP contribution is -1.98.